The largest absolute Gasteiger partial charge is 0.478 e. The van der Waals surface area contributed by atoms with Gasteiger partial charge in [-0.05, 0) is 32.3 Å². The van der Waals surface area contributed by atoms with Crippen molar-refractivity contribution in [1.29, 1.82) is 0 Å². The molecule has 5 nitrogen and oxygen atoms in total. The number of hydrogen-bond donors (Lipinski definition) is 2. The van der Waals surface area contributed by atoms with Crippen molar-refractivity contribution in [3.8, 4) is 5.88 Å². The lowest BCUT2D eigenvalue weighted by molar-refractivity contribution is 0.323. The third kappa shape index (κ3) is 7.29. The normalized spacial score (nSPS) is 13.2. The Morgan fingerprint density at radius 3 is 2.82 bits per heavy atom. The average molecular weight is 306 g/mol. The Labute approximate surface area is 134 Å². The van der Waals surface area contributed by atoms with Gasteiger partial charge in [-0.15, -0.1) is 0 Å². The molecule has 0 aliphatic heterocycles. The second-order valence-electron chi connectivity index (χ2n) is 5.97. The van der Waals surface area contributed by atoms with E-state index in [1.165, 1.54) is 12.8 Å². The Balaban J connectivity index is 2.45. The lowest BCUT2D eigenvalue weighted by Gasteiger charge is -2.15. The first-order chi connectivity index (χ1) is 10.5. The zero-order chi connectivity index (χ0) is 16.4. The summed E-state index contributed by atoms with van der Waals surface area (Å²) in [7, 11) is 0. The number of nitrogens with one attached hydrogen (secondary N) is 1. The summed E-state index contributed by atoms with van der Waals surface area (Å²) in [5, 5.41) is 3.24. The van der Waals surface area contributed by atoms with E-state index in [0.717, 1.165) is 17.9 Å². The first-order valence-corrected chi connectivity index (χ1v) is 8.16. The zero-order valence-corrected chi connectivity index (χ0v) is 14.3. The number of hydrogen-bond acceptors (Lipinski definition) is 3. The molecule has 1 atom stereocenters. The van der Waals surface area contributed by atoms with Crippen molar-refractivity contribution in [2.45, 2.75) is 59.5 Å². The summed E-state index contributed by atoms with van der Waals surface area (Å²) < 4.78 is 5.48. The predicted octanol–water partition coefficient (Wildman–Crippen LogP) is 3.10. The number of ether oxygens (including phenoxy) is 1. The van der Waals surface area contributed by atoms with Crippen molar-refractivity contribution in [3.63, 3.8) is 0 Å². The molecule has 1 aromatic rings. The van der Waals surface area contributed by atoms with Crippen molar-refractivity contribution in [2.24, 2.45) is 16.6 Å². The van der Waals surface area contributed by atoms with Gasteiger partial charge in [0.15, 0.2) is 5.96 Å². The highest BCUT2D eigenvalue weighted by atomic mass is 16.5. The molecule has 124 valence electrons. The van der Waals surface area contributed by atoms with Crippen molar-refractivity contribution in [1.82, 2.24) is 10.3 Å². The highest BCUT2D eigenvalue weighted by Gasteiger charge is 2.06. The van der Waals surface area contributed by atoms with Gasteiger partial charge in [-0.1, -0.05) is 32.8 Å². The van der Waals surface area contributed by atoms with E-state index in [1.54, 1.807) is 6.20 Å². The van der Waals surface area contributed by atoms with E-state index in [2.05, 4.69) is 36.1 Å². The molecule has 0 saturated heterocycles. The number of aliphatic imine (C=N–C) groups is 1. The van der Waals surface area contributed by atoms with Crippen LogP contribution in [0.1, 0.15) is 52.5 Å². The molecular weight excluding hydrogens is 276 g/mol. The summed E-state index contributed by atoms with van der Waals surface area (Å²) >= 11 is 0. The molecule has 3 N–H and O–H groups in total. The maximum absolute atomic E-state index is 5.96. The SMILES string of the molecule is CCOc1ncccc1CN=C(N)NC(C)CCCC(C)C. The average Bonchev–Trinajstić information content (AvgIpc) is 2.46. The van der Waals surface area contributed by atoms with E-state index in [9.17, 15) is 0 Å². The van der Waals surface area contributed by atoms with Gasteiger partial charge in [0, 0.05) is 17.8 Å². The Bertz CT molecular complexity index is 460. The molecule has 0 saturated carbocycles. The lowest BCUT2D eigenvalue weighted by Crippen LogP contribution is -2.38. The molecule has 0 spiro atoms. The third-order valence-electron chi connectivity index (χ3n) is 3.36. The number of nitrogens with two attached hydrogens (primary N) is 1. The fourth-order valence-electron chi connectivity index (χ4n) is 2.18. The molecule has 0 fully saturated rings. The standard InChI is InChI=1S/C17H30N4O/c1-5-22-16-15(10-7-11-19-16)12-20-17(18)21-14(4)9-6-8-13(2)3/h7,10-11,13-14H,5-6,8-9,12H2,1-4H3,(H3,18,20,21). The number of rotatable bonds is 9. The van der Waals surface area contributed by atoms with Crippen LogP contribution >= 0.6 is 0 Å². The van der Waals surface area contributed by atoms with Crippen LogP contribution in [-0.2, 0) is 6.54 Å². The maximum Gasteiger partial charge on any atom is 0.218 e. The van der Waals surface area contributed by atoms with Crippen LogP contribution in [0.4, 0.5) is 0 Å². The molecule has 1 aromatic heterocycles. The van der Waals surface area contributed by atoms with Crippen LogP contribution in [0, 0.1) is 5.92 Å². The van der Waals surface area contributed by atoms with Gasteiger partial charge in [0.05, 0.1) is 13.2 Å². The Morgan fingerprint density at radius 1 is 1.36 bits per heavy atom. The summed E-state index contributed by atoms with van der Waals surface area (Å²) in [6.07, 6.45) is 5.27. The van der Waals surface area contributed by atoms with Crippen LogP contribution in [0.15, 0.2) is 23.3 Å². The quantitative estimate of drug-likeness (QED) is 0.543. The second kappa shape index (κ2) is 10.0. The van der Waals surface area contributed by atoms with Crippen LogP contribution in [-0.4, -0.2) is 23.6 Å². The topological polar surface area (TPSA) is 72.5 Å². The summed E-state index contributed by atoms with van der Waals surface area (Å²) in [5.74, 6) is 1.86. The number of pyridine rings is 1. The van der Waals surface area contributed by atoms with E-state index in [4.69, 9.17) is 10.5 Å². The van der Waals surface area contributed by atoms with Crippen LogP contribution in [0.2, 0.25) is 0 Å². The minimum atomic E-state index is 0.336. The van der Waals surface area contributed by atoms with Crippen molar-refractivity contribution in [3.05, 3.63) is 23.9 Å². The highest BCUT2D eigenvalue weighted by molar-refractivity contribution is 5.78. The second-order valence-corrected chi connectivity index (χ2v) is 5.97. The molecule has 1 heterocycles. The minimum Gasteiger partial charge on any atom is -0.478 e. The Hall–Kier alpha value is -1.78. The molecule has 5 heteroatoms. The van der Waals surface area contributed by atoms with Gasteiger partial charge in [0.2, 0.25) is 5.88 Å². The highest BCUT2D eigenvalue weighted by Crippen LogP contribution is 2.15. The maximum atomic E-state index is 5.96. The Kier molecular flexibility index (Phi) is 8.33. The fraction of sp³-hybridized carbons (Fsp3) is 0.647. The lowest BCUT2D eigenvalue weighted by atomic mass is 10.0. The van der Waals surface area contributed by atoms with Crippen LogP contribution in [0.3, 0.4) is 0 Å². The summed E-state index contributed by atoms with van der Waals surface area (Å²) in [5.41, 5.74) is 6.90. The Morgan fingerprint density at radius 2 is 2.14 bits per heavy atom. The molecule has 0 bridgehead atoms. The smallest absolute Gasteiger partial charge is 0.218 e. The summed E-state index contributed by atoms with van der Waals surface area (Å²) in [4.78, 5) is 8.60. The molecule has 1 rings (SSSR count). The van der Waals surface area contributed by atoms with Gasteiger partial charge in [-0.3, -0.25) is 0 Å². The summed E-state index contributed by atoms with van der Waals surface area (Å²) in [6.45, 7) is 9.64. The molecule has 0 amide bonds. The van der Waals surface area contributed by atoms with Crippen molar-refractivity contribution >= 4 is 5.96 Å². The van der Waals surface area contributed by atoms with E-state index >= 15 is 0 Å². The monoisotopic (exact) mass is 306 g/mol. The third-order valence-corrected chi connectivity index (χ3v) is 3.36. The molecular formula is C17H30N4O. The van der Waals surface area contributed by atoms with Gasteiger partial charge >= 0.3 is 0 Å². The van der Waals surface area contributed by atoms with Gasteiger partial charge in [-0.25, -0.2) is 9.98 Å². The van der Waals surface area contributed by atoms with E-state index in [1.807, 2.05) is 19.1 Å². The molecule has 22 heavy (non-hydrogen) atoms. The van der Waals surface area contributed by atoms with E-state index in [0.29, 0.717) is 31.0 Å². The van der Waals surface area contributed by atoms with E-state index in [-0.39, 0.29) is 0 Å². The van der Waals surface area contributed by atoms with Gasteiger partial charge in [-0.2, -0.15) is 0 Å². The molecule has 0 aromatic carbocycles. The number of aromatic nitrogens is 1. The molecule has 1 unspecified atom stereocenters. The minimum absolute atomic E-state index is 0.336. The van der Waals surface area contributed by atoms with Crippen molar-refractivity contribution in [2.75, 3.05) is 6.61 Å². The molecule has 0 aliphatic carbocycles. The first kappa shape index (κ1) is 18.3. The number of guanidine groups is 1. The zero-order valence-electron chi connectivity index (χ0n) is 14.3. The van der Waals surface area contributed by atoms with Gasteiger partial charge in [0.25, 0.3) is 0 Å². The van der Waals surface area contributed by atoms with Gasteiger partial charge < -0.3 is 15.8 Å². The predicted molar refractivity (Wildman–Crippen MR) is 92.0 cm³/mol. The van der Waals surface area contributed by atoms with Crippen molar-refractivity contribution < 1.29 is 4.74 Å². The summed E-state index contributed by atoms with van der Waals surface area (Å²) in [6, 6.07) is 4.18. The number of nitrogens with zero attached hydrogens (tertiary/aromatic N) is 2. The first-order valence-electron chi connectivity index (χ1n) is 8.16. The fourth-order valence-corrected chi connectivity index (χ4v) is 2.18. The van der Waals surface area contributed by atoms with Crippen LogP contribution in [0.25, 0.3) is 0 Å². The van der Waals surface area contributed by atoms with Crippen LogP contribution < -0.4 is 15.8 Å². The van der Waals surface area contributed by atoms with E-state index < -0.39 is 0 Å². The molecule has 0 aliphatic rings. The van der Waals surface area contributed by atoms with Gasteiger partial charge in [0.1, 0.15) is 0 Å². The van der Waals surface area contributed by atoms with Crippen LogP contribution in [0.5, 0.6) is 5.88 Å². The molecule has 0 radical (unpaired) electrons.